The Morgan fingerprint density at radius 3 is 2.50 bits per heavy atom. The van der Waals surface area contributed by atoms with Gasteiger partial charge in [-0.2, -0.15) is 0 Å². The number of alkyl carbamates (subject to hydrolysis) is 1. The summed E-state index contributed by atoms with van der Waals surface area (Å²) >= 11 is 0. The third kappa shape index (κ3) is 6.85. The maximum Gasteiger partial charge on any atom is 0.415 e. The van der Waals surface area contributed by atoms with Gasteiger partial charge in [0.2, 0.25) is 0 Å². The molecule has 5 nitrogen and oxygen atoms in total. The molecule has 70 valence electrons. The summed E-state index contributed by atoms with van der Waals surface area (Å²) in [6, 6.07) is -0.899. The maximum atomic E-state index is 10.6. The molecule has 0 fully saturated rings. The van der Waals surface area contributed by atoms with Crippen molar-refractivity contribution in [3.8, 4) is 0 Å². The topological polar surface area (TPSA) is 81.4 Å². The normalized spacial score (nSPS) is 9.58. The number of hydrogen-bond donors (Lipinski definition) is 2. The molecule has 0 atom stereocenters. The highest BCUT2D eigenvalue weighted by atomic mass is 16.5. The van der Waals surface area contributed by atoms with E-state index in [9.17, 15) is 9.59 Å². The molecule has 0 aliphatic heterocycles. The van der Waals surface area contributed by atoms with Crippen molar-refractivity contribution in [3.05, 3.63) is 0 Å². The quantitative estimate of drug-likeness (QED) is 0.665. The lowest BCUT2D eigenvalue weighted by molar-refractivity contribution is 0.142. The van der Waals surface area contributed by atoms with Crippen LogP contribution in [-0.2, 0) is 4.74 Å². The summed E-state index contributed by atoms with van der Waals surface area (Å²) in [6.45, 7) is 4.32. The molecular formula is C7H14N2O3. The van der Waals surface area contributed by atoms with Crippen LogP contribution in [-0.4, -0.2) is 18.7 Å². The van der Waals surface area contributed by atoms with E-state index in [0.717, 1.165) is 6.42 Å². The molecule has 0 aliphatic carbocycles. The predicted molar refractivity (Wildman–Crippen MR) is 43.5 cm³/mol. The molecule has 0 radical (unpaired) electrons. The summed E-state index contributed by atoms with van der Waals surface area (Å²) in [4.78, 5) is 20.7. The first-order valence-electron chi connectivity index (χ1n) is 3.75. The largest absolute Gasteiger partial charge is 0.449 e. The monoisotopic (exact) mass is 174 g/mol. The van der Waals surface area contributed by atoms with Crippen LogP contribution in [0.3, 0.4) is 0 Å². The Morgan fingerprint density at radius 2 is 2.08 bits per heavy atom. The van der Waals surface area contributed by atoms with Crippen molar-refractivity contribution < 1.29 is 14.3 Å². The number of amides is 3. The van der Waals surface area contributed by atoms with Crippen LogP contribution in [0.4, 0.5) is 9.59 Å². The number of nitrogens with one attached hydrogen (secondary N) is 1. The summed E-state index contributed by atoms with van der Waals surface area (Å²) < 4.78 is 4.61. The van der Waals surface area contributed by atoms with E-state index in [1.54, 1.807) is 5.32 Å². The van der Waals surface area contributed by atoms with E-state index in [1.165, 1.54) is 0 Å². The zero-order chi connectivity index (χ0) is 9.56. The average Bonchev–Trinajstić information content (AvgIpc) is 1.84. The number of ether oxygens (including phenoxy) is 1. The molecule has 0 unspecified atom stereocenters. The highest BCUT2D eigenvalue weighted by Crippen LogP contribution is 1.98. The first-order chi connectivity index (χ1) is 5.52. The Hall–Kier alpha value is -1.26. The maximum absolute atomic E-state index is 10.6. The molecule has 0 spiro atoms. The first kappa shape index (κ1) is 10.7. The SMILES string of the molecule is CC(C)CCOC(=O)NC(N)=O. The van der Waals surface area contributed by atoms with Crippen molar-refractivity contribution in [2.24, 2.45) is 11.7 Å². The van der Waals surface area contributed by atoms with Gasteiger partial charge < -0.3 is 10.5 Å². The fraction of sp³-hybridized carbons (Fsp3) is 0.714. The zero-order valence-corrected chi connectivity index (χ0v) is 7.29. The van der Waals surface area contributed by atoms with Crippen LogP contribution < -0.4 is 11.1 Å². The van der Waals surface area contributed by atoms with Crippen molar-refractivity contribution >= 4 is 12.1 Å². The minimum atomic E-state index is -0.899. The number of carbonyl (C=O) groups is 2. The van der Waals surface area contributed by atoms with E-state index in [1.807, 2.05) is 13.8 Å². The van der Waals surface area contributed by atoms with Crippen LogP contribution in [0.2, 0.25) is 0 Å². The summed E-state index contributed by atoms with van der Waals surface area (Å²) in [5, 5.41) is 1.79. The average molecular weight is 174 g/mol. The Bertz CT molecular complexity index is 168. The van der Waals surface area contributed by atoms with Gasteiger partial charge in [-0.25, -0.2) is 14.9 Å². The molecule has 0 bridgehead atoms. The van der Waals surface area contributed by atoms with E-state index < -0.39 is 12.1 Å². The zero-order valence-electron chi connectivity index (χ0n) is 7.29. The molecule has 0 aromatic carbocycles. The smallest absolute Gasteiger partial charge is 0.415 e. The standard InChI is InChI=1S/C7H14N2O3/c1-5(2)3-4-12-7(11)9-6(8)10/h5H,3-4H2,1-2H3,(H3,8,9,10,11). The number of urea groups is 1. The summed E-state index contributed by atoms with van der Waals surface area (Å²) in [6.07, 6.45) is -0.0187. The third-order valence-corrected chi connectivity index (χ3v) is 1.15. The van der Waals surface area contributed by atoms with Crippen LogP contribution in [0.5, 0.6) is 0 Å². The molecule has 0 saturated carbocycles. The van der Waals surface area contributed by atoms with E-state index in [2.05, 4.69) is 10.5 Å². The van der Waals surface area contributed by atoms with Crippen LogP contribution in [0.25, 0.3) is 0 Å². The van der Waals surface area contributed by atoms with Crippen molar-refractivity contribution in [1.29, 1.82) is 0 Å². The molecular weight excluding hydrogens is 160 g/mol. The first-order valence-corrected chi connectivity index (χ1v) is 3.75. The molecule has 0 aromatic rings. The number of primary amides is 1. The highest BCUT2D eigenvalue weighted by molar-refractivity contribution is 5.89. The Morgan fingerprint density at radius 1 is 1.50 bits per heavy atom. The highest BCUT2D eigenvalue weighted by Gasteiger charge is 2.04. The fourth-order valence-corrected chi connectivity index (χ4v) is 0.524. The van der Waals surface area contributed by atoms with E-state index >= 15 is 0 Å². The molecule has 0 aliphatic rings. The molecule has 3 amide bonds. The van der Waals surface area contributed by atoms with Gasteiger partial charge in [0.1, 0.15) is 0 Å². The van der Waals surface area contributed by atoms with Crippen molar-refractivity contribution in [3.63, 3.8) is 0 Å². The third-order valence-electron chi connectivity index (χ3n) is 1.15. The van der Waals surface area contributed by atoms with Crippen molar-refractivity contribution in [2.45, 2.75) is 20.3 Å². The minimum absolute atomic E-state index is 0.302. The minimum Gasteiger partial charge on any atom is -0.449 e. The second-order valence-corrected chi connectivity index (χ2v) is 2.81. The Kier molecular flexibility index (Phi) is 4.83. The van der Waals surface area contributed by atoms with Gasteiger partial charge in [0.25, 0.3) is 0 Å². The van der Waals surface area contributed by atoms with Gasteiger partial charge >= 0.3 is 12.1 Å². The number of imide groups is 1. The number of nitrogens with two attached hydrogens (primary N) is 1. The van der Waals surface area contributed by atoms with Gasteiger partial charge in [-0.05, 0) is 12.3 Å². The molecule has 0 saturated heterocycles. The lowest BCUT2D eigenvalue weighted by Gasteiger charge is -2.05. The van der Waals surface area contributed by atoms with Crippen LogP contribution in [0, 0.1) is 5.92 Å². The predicted octanol–water partition coefficient (Wildman–Crippen LogP) is 0.837. The van der Waals surface area contributed by atoms with Crippen LogP contribution in [0.15, 0.2) is 0 Å². The number of rotatable bonds is 3. The lowest BCUT2D eigenvalue weighted by atomic mass is 10.1. The van der Waals surface area contributed by atoms with E-state index in [-0.39, 0.29) is 0 Å². The van der Waals surface area contributed by atoms with Gasteiger partial charge in [0, 0.05) is 0 Å². The van der Waals surface area contributed by atoms with Crippen LogP contribution >= 0.6 is 0 Å². The molecule has 12 heavy (non-hydrogen) atoms. The molecule has 0 heterocycles. The Labute approximate surface area is 71.3 Å². The molecule has 5 heteroatoms. The van der Waals surface area contributed by atoms with Gasteiger partial charge in [-0.1, -0.05) is 13.8 Å². The van der Waals surface area contributed by atoms with E-state index in [4.69, 9.17) is 0 Å². The molecule has 0 rings (SSSR count). The number of hydrogen-bond acceptors (Lipinski definition) is 3. The van der Waals surface area contributed by atoms with Gasteiger partial charge in [0.05, 0.1) is 6.61 Å². The van der Waals surface area contributed by atoms with Crippen molar-refractivity contribution in [1.82, 2.24) is 5.32 Å². The van der Waals surface area contributed by atoms with E-state index in [0.29, 0.717) is 12.5 Å². The lowest BCUT2D eigenvalue weighted by Crippen LogP contribution is -2.35. The summed E-state index contributed by atoms with van der Waals surface area (Å²) in [7, 11) is 0. The second-order valence-electron chi connectivity index (χ2n) is 2.81. The number of carbonyl (C=O) groups excluding carboxylic acids is 2. The molecule has 3 N–H and O–H groups in total. The summed E-state index contributed by atoms with van der Waals surface area (Å²) in [5.74, 6) is 0.464. The van der Waals surface area contributed by atoms with Gasteiger partial charge in [-0.3, -0.25) is 0 Å². The Balaban J connectivity index is 3.38. The second kappa shape index (κ2) is 5.40. The van der Waals surface area contributed by atoms with Gasteiger partial charge in [-0.15, -0.1) is 0 Å². The molecule has 0 aromatic heterocycles. The van der Waals surface area contributed by atoms with Gasteiger partial charge in [0.15, 0.2) is 0 Å². The van der Waals surface area contributed by atoms with Crippen LogP contribution in [0.1, 0.15) is 20.3 Å². The fourth-order valence-electron chi connectivity index (χ4n) is 0.524. The van der Waals surface area contributed by atoms with Crippen molar-refractivity contribution in [2.75, 3.05) is 6.61 Å². The summed E-state index contributed by atoms with van der Waals surface area (Å²) in [5.41, 5.74) is 4.67.